The summed E-state index contributed by atoms with van der Waals surface area (Å²) < 4.78 is 5.19. The van der Waals surface area contributed by atoms with Crippen molar-refractivity contribution in [3.05, 3.63) is 0 Å². The van der Waals surface area contributed by atoms with Gasteiger partial charge >= 0.3 is 0 Å². The molecule has 0 aromatic carbocycles. The molecule has 0 aliphatic heterocycles. The lowest BCUT2D eigenvalue weighted by Gasteiger charge is -2.27. The van der Waals surface area contributed by atoms with Crippen LogP contribution in [0.4, 0.5) is 0 Å². The Bertz CT molecular complexity index is 141. The van der Waals surface area contributed by atoms with Crippen LogP contribution in [0.3, 0.4) is 0 Å². The van der Waals surface area contributed by atoms with E-state index in [-0.39, 0.29) is 6.61 Å². The van der Waals surface area contributed by atoms with Gasteiger partial charge in [0.05, 0.1) is 19.8 Å². The molecule has 14 heavy (non-hydrogen) atoms. The van der Waals surface area contributed by atoms with Crippen molar-refractivity contribution in [2.24, 2.45) is 5.92 Å². The molecule has 0 aromatic heterocycles. The van der Waals surface area contributed by atoms with Gasteiger partial charge in [-0.3, -0.25) is 0 Å². The first-order valence-electron chi connectivity index (χ1n) is 5.75. The van der Waals surface area contributed by atoms with Gasteiger partial charge in [-0.1, -0.05) is 19.8 Å². The molecule has 1 saturated carbocycles. The van der Waals surface area contributed by atoms with E-state index in [1.165, 1.54) is 25.7 Å². The van der Waals surface area contributed by atoms with Crippen molar-refractivity contribution < 1.29 is 9.84 Å². The average Bonchev–Trinajstić information content (AvgIpc) is 2.18. The molecule has 2 N–H and O–H groups in total. The van der Waals surface area contributed by atoms with Crippen LogP contribution in [0, 0.1) is 5.92 Å². The van der Waals surface area contributed by atoms with Gasteiger partial charge in [0, 0.05) is 12.6 Å². The van der Waals surface area contributed by atoms with Crippen LogP contribution in [0.2, 0.25) is 0 Å². The van der Waals surface area contributed by atoms with Gasteiger partial charge in [-0.2, -0.15) is 0 Å². The van der Waals surface area contributed by atoms with Crippen LogP contribution in [0.1, 0.15) is 32.6 Å². The lowest BCUT2D eigenvalue weighted by atomic mass is 9.87. The maximum Gasteiger partial charge on any atom is 0.0698 e. The molecule has 2 unspecified atom stereocenters. The van der Waals surface area contributed by atoms with E-state index in [1.807, 2.05) is 0 Å². The summed E-state index contributed by atoms with van der Waals surface area (Å²) in [5.41, 5.74) is 0. The molecule has 0 amide bonds. The molecule has 0 heterocycles. The van der Waals surface area contributed by atoms with Crippen LogP contribution in [0.25, 0.3) is 0 Å². The summed E-state index contributed by atoms with van der Waals surface area (Å²) in [4.78, 5) is 0. The van der Waals surface area contributed by atoms with Crippen molar-refractivity contribution in [3.63, 3.8) is 0 Å². The van der Waals surface area contributed by atoms with Crippen molar-refractivity contribution in [2.75, 3.05) is 26.4 Å². The number of nitrogens with one attached hydrogen (secondary N) is 1. The van der Waals surface area contributed by atoms with E-state index >= 15 is 0 Å². The third-order valence-electron chi connectivity index (χ3n) is 2.85. The monoisotopic (exact) mass is 201 g/mol. The Morgan fingerprint density at radius 3 is 2.93 bits per heavy atom. The first kappa shape index (κ1) is 12.0. The summed E-state index contributed by atoms with van der Waals surface area (Å²) in [5.74, 6) is 0.875. The summed E-state index contributed by atoms with van der Waals surface area (Å²) in [6, 6.07) is 0.691. The summed E-state index contributed by atoms with van der Waals surface area (Å²) in [6.07, 6.45) is 5.36. The number of aliphatic hydroxyl groups is 1. The Morgan fingerprint density at radius 2 is 2.21 bits per heavy atom. The van der Waals surface area contributed by atoms with E-state index in [4.69, 9.17) is 9.84 Å². The molecule has 0 aromatic rings. The fourth-order valence-electron chi connectivity index (χ4n) is 2.12. The minimum atomic E-state index is 0.125. The van der Waals surface area contributed by atoms with Gasteiger partial charge < -0.3 is 15.2 Å². The zero-order valence-corrected chi connectivity index (χ0v) is 9.17. The lowest BCUT2D eigenvalue weighted by Crippen LogP contribution is -2.35. The molecule has 0 radical (unpaired) electrons. The van der Waals surface area contributed by atoms with Gasteiger partial charge in [-0.25, -0.2) is 0 Å². The molecule has 0 saturated heterocycles. The smallest absolute Gasteiger partial charge is 0.0698 e. The van der Waals surface area contributed by atoms with E-state index in [0.717, 1.165) is 12.5 Å². The van der Waals surface area contributed by atoms with Gasteiger partial charge in [-0.15, -0.1) is 0 Å². The summed E-state index contributed by atoms with van der Waals surface area (Å²) >= 11 is 0. The second kappa shape index (κ2) is 7.21. The predicted octanol–water partition coefficient (Wildman–Crippen LogP) is 1.16. The van der Waals surface area contributed by atoms with E-state index in [1.54, 1.807) is 0 Å². The largest absolute Gasteiger partial charge is 0.394 e. The quantitative estimate of drug-likeness (QED) is 0.634. The fourth-order valence-corrected chi connectivity index (χ4v) is 2.12. The highest BCUT2D eigenvalue weighted by Crippen LogP contribution is 2.23. The molecular formula is C11H23NO2. The van der Waals surface area contributed by atoms with E-state index in [2.05, 4.69) is 12.2 Å². The minimum absolute atomic E-state index is 0.125. The van der Waals surface area contributed by atoms with Crippen molar-refractivity contribution >= 4 is 0 Å². The Balaban J connectivity index is 1.95. The molecule has 0 bridgehead atoms. The number of aliphatic hydroxyl groups excluding tert-OH is 1. The van der Waals surface area contributed by atoms with Crippen molar-refractivity contribution in [3.8, 4) is 0 Å². The second-order valence-electron chi connectivity index (χ2n) is 4.26. The minimum Gasteiger partial charge on any atom is -0.394 e. The number of rotatable bonds is 6. The second-order valence-corrected chi connectivity index (χ2v) is 4.26. The molecule has 3 nitrogen and oxygen atoms in total. The molecule has 1 aliphatic rings. The predicted molar refractivity (Wildman–Crippen MR) is 57.3 cm³/mol. The van der Waals surface area contributed by atoms with Gasteiger partial charge in [0.2, 0.25) is 0 Å². The van der Waals surface area contributed by atoms with Gasteiger partial charge in [-0.05, 0) is 18.8 Å². The highest BCUT2D eigenvalue weighted by atomic mass is 16.5. The summed E-state index contributed by atoms with van der Waals surface area (Å²) in [6.45, 7) is 4.54. The van der Waals surface area contributed by atoms with E-state index in [9.17, 15) is 0 Å². The van der Waals surface area contributed by atoms with Crippen LogP contribution in [0.5, 0.6) is 0 Å². The highest BCUT2D eigenvalue weighted by Gasteiger charge is 2.17. The molecule has 1 fully saturated rings. The highest BCUT2D eigenvalue weighted by molar-refractivity contribution is 4.75. The van der Waals surface area contributed by atoms with Crippen molar-refractivity contribution in [1.82, 2.24) is 5.32 Å². The maximum atomic E-state index is 8.50. The Hall–Kier alpha value is -0.120. The number of ether oxygens (including phenoxy) is 1. The first-order valence-corrected chi connectivity index (χ1v) is 5.75. The molecule has 2 atom stereocenters. The molecule has 1 aliphatic carbocycles. The lowest BCUT2D eigenvalue weighted by molar-refractivity contribution is 0.0912. The number of hydrogen-bond donors (Lipinski definition) is 2. The number of hydrogen-bond acceptors (Lipinski definition) is 3. The molecule has 1 rings (SSSR count). The van der Waals surface area contributed by atoms with Crippen molar-refractivity contribution in [1.29, 1.82) is 0 Å². The molecule has 3 heteroatoms. The summed E-state index contributed by atoms with van der Waals surface area (Å²) in [7, 11) is 0. The Morgan fingerprint density at radius 1 is 1.36 bits per heavy atom. The molecule has 84 valence electrons. The van der Waals surface area contributed by atoms with Gasteiger partial charge in [0.1, 0.15) is 0 Å². The normalized spacial score (nSPS) is 27.9. The van der Waals surface area contributed by atoms with Crippen LogP contribution in [-0.2, 0) is 4.74 Å². The van der Waals surface area contributed by atoms with Crippen molar-refractivity contribution in [2.45, 2.75) is 38.6 Å². The van der Waals surface area contributed by atoms with E-state index in [0.29, 0.717) is 19.3 Å². The Labute approximate surface area is 86.8 Å². The van der Waals surface area contributed by atoms with Crippen LogP contribution < -0.4 is 5.32 Å². The van der Waals surface area contributed by atoms with E-state index < -0.39 is 0 Å². The zero-order chi connectivity index (χ0) is 10.2. The average molecular weight is 201 g/mol. The molecule has 0 spiro atoms. The standard InChI is InChI=1S/C11H23NO2/c1-10-3-2-4-11(9-10)12-5-7-14-8-6-13/h10-13H,2-9H2,1H3. The Kier molecular flexibility index (Phi) is 6.15. The fraction of sp³-hybridized carbons (Fsp3) is 1.00. The maximum absolute atomic E-state index is 8.50. The topological polar surface area (TPSA) is 41.5 Å². The van der Waals surface area contributed by atoms with Gasteiger partial charge in [0.15, 0.2) is 0 Å². The SMILES string of the molecule is CC1CCCC(NCCOCCO)C1. The molecular weight excluding hydrogens is 178 g/mol. The summed E-state index contributed by atoms with van der Waals surface area (Å²) in [5, 5.41) is 12.0. The third kappa shape index (κ3) is 4.94. The van der Waals surface area contributed by atoms with Crippen LogP contribution in [-0.4, -0.2) is 37.5 Å². The van der Waals surface area contributed by atoms with Gasteiger partial charge in [0.25, 0.3) is 0 Å². The van der Waals surface area contributed by atoms with Crippen LogP contribution >= 0.6 is 0 Å². The third-order valence-corrected chi connectivity index (χ3v) is 2.85. The zero-order valence-electron chi connectivity index (χ0n) is 9.17. The van der Waals surface area contributed by atoms with Crippen LogP contribution in [0.15, 0.2) is 0 Å². The first-order chi connectivity index (χ1) is 6.83.